The maximum atomic E-state index is 11.6. The molecule has 2 N–H and O–H groups in total. The molecule has 1 saturated heterocycles. The van der Waals surface area contributed by atoms with Crippen molar-refractivity contribution in [2.45, 2.75) is 50.9 Å². The van der Waals surface area contributed by atoms with E-state index in [-0.39, 0.29) is 18.2 Å². The van der Waals surface area contributed by atoms with E-state index in [0.29, 0.717) is 12.6 Å². The molecule has 1 atom stereocenters. The minimum atomic E-state index is -0.146. The quantitative estimate of drug-likeness (QED) is 0.627. The van der Waals surface area contributed by atoms with Gasteiger partial charge in [0.1, 0.15) is 0 Å². The second kappa shape index (κ2) is 3.87. The van der Waals surface area contributed by atoms with Crippen LogP contribution >= 0.6 is 0 Å². The van der Waals surface area contributed by atoms with Crippen LogP contribution in [-0.4, -0.2) is 40.8 Å². The first-order valence-corrected chi connectivity index (χ1v) is 5.41. The summed E-state index contributed by atoms with van der Waals surface area (Å²) < 4.78 is 0. The van der Waals surface area contributed by atoms with Crippen LogP contribution in [0.1, 0.15) is 32.6 Å². The molecule has 2 fully saturated rings. The maximum Gasteiger partial charge on any atom is 0.238 e. The Hall–Kier alpha value is -0.610. The van der Waals surface area contributed by atoms with E-state index >= 15 is 0 Å². The van der Waals surface area contributed by atoms with Crippen LogP contribution in [0.2, 0.25) is 0 Å². The molecule has 1 amide bonds. The Balaban J connectivity index is 1.97. The van der Waals surface area contributed by atoms with Crippen molar-refractivity contribution >= 4 is 5.91 Å². The fourth-order valence-electron chi connectivity index (χ4n) is 2.50. The molecule has 0 bridgehead atoms. The van der Waals surface area contributed by atoms with Gasteiger partial charge in [0.2, 0.25) is 5.91 Å². The Morgan fingerprint density at radius 3 is 2.50 bits per heavy atom. The Labute approximate surface area is 84.3 Å². The third-order valence-corrected chi connectivity index (χ3v) is 3.31. The molecular formula is C10H18N2O2. The zero-order chi connectivity index (χ0) is 10.1. The number of carbonyl (C=O) groups excluding carboxylic acids is 1. The van der Waals surface area contributed by atoms with Gasteiger partial charge in [-0.05, 0) is 32.6 Å². The van der Waals surface area contributed by atoms with E-state index in [1.807, 2.05) is 11.8 Å². The third kappa shape index (κ3) is 1.77. The summed E-state index contributed by atoms with van der Waals surface area (Å²) in [5, 5.41) is 12.5. The molecule has 1 aliphatic carbocycles. The number of hydrogen-bond donors (Lipinski definition) is 2. The number of hydrogen-bond acceptors (Lipinski definition) is 3. The van der Waals surface area contributed by atoms with Crippen LogP contribution in [0.15, 0.2) is 0 Å². The highest BCUT2D eigenvalue weighted by atomic mass is 16.3. The molecule has 1 aliphatic heterocycles. The summed E-state index contributed by atoms with van der Waals surface area (Å²) in [5.74, 6) is 0.207. The van der Waals surface area contributed by atoms with Crippen LogP contribution in [0.5, 0.6) is 0 Å². The van der Waals surface area contributed by atoms with E-state index in [1.54, 1.807) is 0 Å². The first-order chi connectivity index (χ1) is 6.68. The topological polar surface area (TPSA) is 52.6 Å². The molecule has 0 radical (unpaired) electrons. The van der Waals surface area contributed by atoms with Crippen LogP contribution in [0.3, 0.4) is 0 Å². The molecule has 2 aliphatic rings. The van der Waals surface area contributed by atoms with Crippen molar-refractivity contribution in [2.75, 3.05) is 6.54 Å². The van der Waals surface area contributed by atoms with Crippen molar-refractivity contribution in [3.05, 3.63) is 0 Å². The molecule has 1 saturated carbocycles. The van der Waals surface area contributed by atoms with E-state index in [4.69, 9.17) is 0 Å². The molecule has 4 nitrogen and oxygen atoms in total. The largest absolute Gasteiger partial charge is 0.393 e. The summed E-state index contributed by atoms with van der Waals surface area (Å²) in [6.07, 6.45) is 3.58. The molecule has 4 heteroatoms. The summed E-state index contributed by atoms with van der Waals surface area (Å²) >= 11 is 0. The van der Waals surface area contributed by atoms with E-state index in [9.17, 15) is 9.90 Å². The number of aliphatic hydroxyl groups excluding tert-OH is 1. The molecule has 0 spiro atoms. The SMILES string of the molecule is CC1NCC(=O)N1C1CCC(O)CC1. The predicted octanol–water partition coefficient (Wildman–Crippen LogP) is 0.0677. The maximum absolute atomic E-state index is 11.6. The van der Waals surface area contributed by atoms with E-state index in [2.05, 4.69) is 5.32 Å². The molecule has 1 heterocycles. The number of nitrogens with zero attached hydrogens (tertiary/aromatic N) is 1. The lowest BCUT2D eigenvalue weighted by Crippen LogP contribution is -2.45. The van der Waals surface area contributed by atoms with Gasteiger partial charge < -0.3 is 10.0 Å². The number of amides is 1. The molecular weight excluding hydrogens is 180 g/mol. The Bertz CT molecular complexity index is 224. The Morgan fingerprint density at radius 2 is 2.00 bits per heavy atom. The van der Waals surface area contributed by atoms with Gasteiger partial charge >= 0.3 is 0 Å². The highest BCUT2D eigenvalue weighted by molar-refractivity contribution is 5.80. The lowest BCUT2D eigenvalue weighted by molar-refractivity contribution is -0.131. The van der Waals surface area contributed by atoms with Crippen molar-refractivity contribution in [3.63, 3.8) is 0 Å². The van der Waals surface area contributed by atoms with Gasteiger partial charge in [-0.2, -0.15) is 0 Å². The second-order valence-corrected chi connectivity index (χ2v) is 4.32. The summed E-state index contributed by atoms with van der Waals surface area (Å²) in [6, 6.07) is 0.343. The molecule has 14 heavy (non-hydrogen) atoms. The number of aliphatic hydroxyl groups is 1. The first kappa shape index (κ1) is 9.93. The molecule has 1 unspecified atom stereocenters. The monoisotopic (exact) mass is 198 g/mol. The molecule has 2 rings (SSSR count). The minimum absolute atomic E-state index is 0.146. The molecule has 80 valence electrons. The fourth-order valence-corrected chi connectivity index (χ4v) is 2.50. The van der Waals surface area contributed by atoms with Gasteiger partial charge in [-0.1, -0.05) is 0 Å². The van der Waals surface area contributed by atoms with Crippen molar-refractivity contribution in [1.29, 1.82) is 0 Å². The fraction of sp³-hybridized carbons (Fsp3) is 0.900. The lowest BCUT2D eigenvalue weighted by atomic mass is 9.92. The van der Waals surface area contributed by atoms with Gasteiger partial charge in [0.15, 0.2) is 0 Å². The Morgan fingerprint density at radius 1 is 1.36 bits per heavy atom. The van der Waals surface area contributed by atoms with Crippen molar-refractivity contribution in [1.82, 2.24) is 10.2 Å². The summed E-state index contributed by atoms with van der Waals surface area (Å²) in [6.45, 7) is 2.50. The van der Waals surface area contributed by atoms with Gasteiger partial charge in [-0.25, -0.2) is 0 Å². The van der Waals surface area contributed by atoms with Gasteiger partial charge in [-0.3, -0.25) is 10.1 Å². The standard InChI is InChI=1S/C10H18N2O2/c1-7-11-6-10(14)12(7)8-2-4-9(13)5-3-8/h7-9,11,13H,2-6H2,1H3. The smallest absolute Gasteiger partial charge is 0.238 e. The van der Waals surface area contributed by atoms with E-state index in [0.717, 1.165) is 25.7 Å². The molecule has 0 aromatic rings. The highest BCUT2D eigenvalue weighted by Gasteiger charge is 2.34. The van der Waals surface area contributed by atoms with Crippen molar-refractivity contribution in [2.24, 2.45) is 0 Å². The van der Waals surface area contributed by atoms with Crippen LogP contribution < -0.4 is 5.32 Å². The van der Waals surface area contributed by atoms with Gasteiger partial charge in [0, 0.05) is 6.04 Å². The van der Waals surface area contributed by atoms with Gasteiger partial charge in [0.05, 0.1) is 18.8 Å². The van der Waals surface area contributed by atoms with Crippen LogP contribution in [0.4, 0.5) is 0 Å². The second-order valence-electron chi connectivity index (χ2n) is 4.32. The van der Waals surface area contributed by atoms with Crippen molar-refractivity contribution < 1.29 is 9.90 Å². The summed E-state index contributed by atoms with van der Waals surface area (Å²) in [5.41, 5.74) is 0. The highest BCUT2D eigenvalue weighted by Crippen LogP contribution is 2.25. The zero-order valence-corrected chi connectivity index (χ0v) is 8.57. The average molecular weight is 198 g/mol. The normalized spacial score (nSPS) is 39.1. The Kier molecular flexibility index (Phi) is 2.74. The van der Waals surface area contributed by atoms with Crippen LogP contribution in [0, 0.1) is 0 Å². The summed E-state index contributed by atoms with van der Waals surface area (Å²) in [4.78, 5) is 13.5. The van der Waals surface area contributed by atoms with Crippen LogP contribution in [-0.2, 0) is 4.79 Å². The van der Waals surface area contributed by atoms with Gasteiger partial charge in [0.25, 0.3) is 0 Å². The number of nitrogens with one attached hydrogen (secondary N) is 1. The molecule has 0 aromatic heterocycles. The van der Waals surface area contributed by atoms with Gasteiger partial charge in [-0.15, -0.1) is 0 Å². The molecule has 0 aromatic carbocycles. The lowest BCUT2D eigenvalue weighted by Gasteiger charge is -2.35. The van der Waals surface area contributed by atoms with E-state index in [1.165, 1.54) is 0 Å². The first-order valence-electron chi connectivity index (χ1n) is 5.41. The van der Waals surface area contributed by atoms with E-state index < -0.39 is 0 Å². The summed E-state index contributed by atoms with van der Waals surface area (Å²) in [7, 11) is 0. The zero-order valence-electron chi connectivity index (χ0n) is 8.57. The predicted molar refractivity (Wildman–Crippen MR) is 52.6 cm³/mol. The average Bonchev–Trinajstić information content (AvgIpc) is 2.49. The number of rotatable bonds is 1. The number of carbonyl (C=O) groups is 1. The minimum Gasteiger partial charge on any atom is -0.393 e. The van der Waals surface area contributed by atoms with Crippen LogP contribution in [0.25, 0.3) is 0 Å². The van der Waals surface area contributed by atoms with Crippen molar-refractivity contribution in [3.8, 4) is 0 Å². The third-order valence-electron chi connectivity index (χ3n) is 3.31.